The first-order valence-electron chi connectivity index (χ1n) is 5.32. The molecular weight excluding hydrogens is 144 g/mol. The van der Waals surface area contributed by atoms with Gasteiger partial charge in [-0.25, -0.2) is 0 Å². The molecule has 0 atom stereocenters. The average molecular weight is 168 g/mol. The van der Waals surface area contributed by atoms with Crippen LogP contribution in [0.25, 0.3) is 0 Å². The Labute approximate surface area is 78.1 Å². The normalized spacial score (nSPS) is 12.6. The summed E-state index contributed by atoms with van der Waals surface area (Å²) in [5.74, 6) is 0.847. The lowest BCUT2D eigenvalue weighted by Crippen LogP contribution is -1.85. The SMILES string of the molecule is CCCCC(C)=CCCC(C)C. The maximum Gasteiger partial charge on any atom is -0.0323 e. The summed E-state index contributed by atoms with van der Waals surface area (Å²) in [6, 6.07) is 0. The molecule has 0 nitrogen and oxygen atoms in total. The Bertz CT molecular complexity index is 120. The second kappa shape index (κ2) is 7.39. The molecule has 0 fully saturated rings. The standard InChI is InChI=1S/C12H24/c1-5-6-9-12(4)10-7-8-11(2)3/h10-11H,5-9H2,1-4H3. The lowest BCUT2D eigenvalue weighted by molar-refractivity contribution is 0.592. The van der Waals surface area contributed by atoms with Gasteiger partial charge in [0.15, 0.2) is 0 Å². The van der Waals surface area contributed by atoms with Crippen molar-refractivity contribution < 1.29 is 0 Å². The van der Waals surface area contributed by atoms with Crippen LogP contribution in [0, 0.1) is 5.92 Å². The number of allylic oxidation sites excluding steroid dienone is 2. The van der Waals surface area contributed by atoms with Gasteiger partial charge in [-0.2, -0.15) is 0 Å². The topological polar surface area (TPSA) is 0 Å². The summed E-state index contributed by atoms with van der Waals surface area (Å²) in [5.41, 5.74) is 1.58. The van der Waals surface area contributed by atoms with E-state index in [2.05, 4.69) is 33.8 Å². The van der Waals surface area contributed by atoms with Gasteiger partial charge in [-0.15, -0.1) is 0 Å². The second-order valence-corrected chi connectivity index (χ2v) is 4.13. The zero-order valence-corrected chi connectivity index (χ0v) is 9.19. The van der Waals surface area contributed by atoms with Crippen molar-refractivity contribution >= 4 is 0 Å². The lowest BCUT2D eigenvalue weighted by Gasteiger charge is -2.02. The second-order valence-electron chi connectivity index (χ2n) is 4.13. The number of unbranched alkanes of at least 4 members (excludes halogenated alkanes) is 1. The molecule has 0 aliphatic rings. The fourth-order valence-electron chi connectivity index (χ4n) is 1.22. The van der Waals surface area contributed by atoms with Gasteiger partial charge in [-0.3, -0.25) is 0 Å². The van der Waals surface area contributed by atoms with Crippen LogP contribution in [0.2, 0.25) is 0 Å². The first-order valence-corrected chi connectivity index (χ1v) is 5.32. The lowest BCUT2D eigenvalue weighted by atomic mass is 10.0. The third-order valence-electron chi connectivity index (χ3n) is 2.16. The van der Waals surface area contributed by atoms with Crippen LogP contribution in [0.3, 0.4) is 0 Å². The Morgan fingerprint density at radius 2 is 2.00 bits per heavy atom. The van der Waals surface area contributed by atoms with Crippen LogP contribution in [-0.4, -0.2) is 0 Å². The van der Waals surface area contributed by atoms with Gasteiger partial charge >= 0.3 is 0 Å². The van der Waals surface area contributed by atoms with Crippen molar-refractivity contribution in [2.24, 2.45) is 5.92 Å². The van der Waals surface area contributed by atoms with Gasteiger partial charge in [0.25, 0.3) is 0 Å². The van der Waals surface area contributed by atoms with Crippen molar-refractivity contribution in [1.82, 2.24) is 0 Å². The van der Waals surface area contributed by atoms with E-state index in [0.717, 1.165) is 5.92 Å². The van der Waals surface area contributed by atoms with Gasteiger partial charge in [0, 0.05) is 0 Å². The van der Waals surface area contributed by atoms with Crippen LogP contribution >= 0.6 is 0 Å². The van der Waals surface area contributed by atoms with E-state index in [1.807, 2.05) is 0 Å². The molecule has 72 valence electrons. The maximum atomic E-state index is 2.41. The van der Waals surface area contributed by atoms with Gasteiger partial charge in [0.2, 0.25) is 0 Å². The molecule has 0 rings (SSSR count). The molecule has 0 aliphatic heterocycles. The highest BCUT2D eigenvalue weighted by atomic mass is 14.0. The summed E-state index contributed by atoms with van der Waals surface area (Å²) in [4.78, 5) is 0. The number of hydrogen-bond donors (Lipinski definition) is 0. The Balaban J connectivity index is 3.41. The zero-order valence-electron chi connectivity index (χ0n) is 9.19. The van der Waals surface area contributed by atoms with Crippen molar-refractivity contribution in [2.75, 3.05) is 0 Å². The molecule has 0 amide bonds. The van der Waals surface area contributed by atoms with Crippen LogP contribution in [0.5, 0.6) is 0 Å². The van der Waals surface area contributed by atoms with Gasteiger partial charge in [0.05, 0.1) is 0 Å². The number of rotatable bonds is 6. The Morgan fingerprint density at radius 1 is 1.33 bits per heavy atom. The molecule has 0 radical (unpaired) electrons. The molecule has 0 heteroatoms. The molecule has 0 spiro atoms. The molecule has 0 bridgehead atoms. The molecule has 0 heterocycles. The fraction of sp³-hybridized carbons (Fsp3) is 0.833. The molecule has 0 unspecified atom stereocenters. The van der Waals surface area contributed by atoms with E-state index in [1.54, 1.807) is 5.57 Å². The van der Waals surface area contributed by atoms with Gasteiger partial charge in [0.1, 0.15) is 0 Å². The van der Waals surface area contributed by atoms with Crippen molar-refractivity contribution in [1.29, 1.82) is 0 Å². The van der Waals surface area contributed by atoms with Gasteiger partial charge < -0.3 is 0 Å². The smallest absolute Gasteiger partial charge is 0.0323 e. The molecule has 0 aromatic rings. The number of hydrogen-bond acceptors (Lipinski definition) is 0. The minimum Gasteiger partial charge on any atom is -0.0856 e. The van der Waals surface area contributed by atoms with E-state index in [1.165, 1.54) is 32.1 Å². The van der Waals surface area contributed by atoms with E-state index in [4.69, 9.17) is 0 Å². The largest absolute Gasteiger partial charge is 0.0856 e. The van der Waals surface area contributed by atoms with Gasteiger partial charge in [-0.1, -0.05) is 38.8 Å². The van der Waals surface area contributed by atoms with Crippen molar-refractivity contribution in [3.8, 4) is 0 Å². The van der Waals surface area contributed by atoms with E-state index < -0.39 is 0 Å². The van der Waals surface area contributed by atoms with Gasteiger partial charge in [-0.05, 0) is 38.5 Å². The summed E-state index contributed by atoms with van der Waals surface area (Å²) < 4.78 is 0. The fourth-order valence-corrected chi connectivity index (χ4v) is 1.22. The molecule has 0 saturated heterocycles. The maximum absolute atomic E-state index is 2.41. The van der Waals surface area contributed by atoms with E-state index in [0.29, 0.717) is 0 Å². The Morgan fingerprint density at radius 3 is 2.50 bits per heavy atom. The van der Waals surface area contributed by atoms with E-state index in [9.17, 15) is 0 Å². The molecule has 12 heavy (non-hydrogen) atoms. The predicted molar refractivity (Wildman–Crippen MR) is 57.4 cm³/mol. The van der Waals surface area contributed by atoms with Crippen molar-refractivity contribution in [3.63, 3.8) is 0 Å². The highest BCUT2D eigenvalue weighted by molar-refractivity contribution is 4.97. The first-order chi connectivity index (χ1) is 5.66. The summed E-state index contributed by atoms with van der Waals surface area (Å²) in [5, 5.41) is 0. The average Bonchev–Trinajstić information content (AvgIpc) is 2.00. The van der Waals surface area contributed by atoms with Crippen LogP contribution < -0.4 is 0 Å². The summed E-state index contributed by atoms with van der Waals surface area (Å²) in [6.45, 7) is 9.09. The molecule has 0 N–H and O–H groups in total. The van der Waals surface area contributed by atoms with E-state index >= 15 is 0 Å². The Kier molecular flexibility index (Phi) is 7.23. The minimum atomic E-state index is 0.847. The molecule has 0 saturated carbocycles. The molecule has 0 aliphatic carbocycles. The molecule has 0 aromatic carbocycles. The third kappa shape index (κ3) is 7.84. The van der Waals surface area contributed by atoms with E-state index in [-0.39, 0.29) is 0 Å². The minimum absolute atomic E-state index is 0.847. The predicted octanol–water partition coefficient (Wildman–Crippen LogP) is 4.56. The highest BCUT2D eigenvalue weighted by Gasteiger charge is 1.92. The Hall–Kier alpha value is -0.260. The van der Waals surface area contributed by atoms with Crippen LogP contribution in [0.1, 0.15) is 59.8 Å². The zero-order chi connectivity index (χ0) is 9.40. The van der Waals surface area contributed by atoms with Crippen molar-refractivity contribution in [3.05, 3.63) is 11.6 Å². The summed E-state index contributed by atoms with van der Waals surface area (Å²) in [6.07, 6.45) is 8.99. The quantitative estimate of drug-likeness (QED) is 0.510. The van der Waals surface area contributed by atoms with Crippen LogP contribution in [0.4, 0.5) is 0 Å². The first kappa shape index (κ1) is 11.7. The van der Waals surface area contributed by atoms with Crippen LogP contribution in [-0.2, 0) is 0 Å². The van der Waals surface area contributed by atoms with Crippen LogP contribution in [0.15, 0.2) is 11.6 Å². The highest BCUT2D eigenvalue weighted by Crippen LogP contribution is 2.10. The summed E-state index contributed by atoms with van der Waals surface area (Å²) >= 11 is 0. The monoisotopic (exact) mass is 168 g/mol. The third-order valence-corrected chi connectivity index (χ3v) is 2.16. The molecule has 0 aromatic heterocycles. The molecular formula is C12H24. The summed E-state index contributed by atoms with van der Waals surface area (Å²) in [7, 11) is 0. The van der Waals surface area contributed by atoms with Crippen molar-refractivity contribution in [2.45, 2.75) is 59.8 Å².